The van der Waals surface area contributed by atoms with Gasteiger partial charge in [-0.2, -0.15) is 0 Å². The summed E-state index contributed by atoms with van der Waals surface area (Å²) in [4.78, 5) is 18.9. The van der Waals surface area contributed by atoms with Gasteiger partial charge in [-0.25, -0.2) is 4.57 Å². The van der Waals surface area contributed by atoms with Crippen molar-refractivity contribution in [2.24, 2.45) is 5.73 Å². The number of rotatable bonds is 5. The average molecular weight is 325 g/mol. The predicted molar refractivity (Wildman–Crippen MR) is 51.9 cm³/mol. The highest BCUT2D eigenvalue weighted by molar-refractivity contribution is 9.12. The molecule has 0 aromatic rings. The van der Waals surface area contributed by atoms with Crippen LogP contribution in [0.3, 0.4) is 0 Å². The Morgan fingerprint density at radius 3 is 2.58 bits per heavy atom. The molecule has 0 aliphatic rings. The Morgan fingerprint density at radius 2 is 2.25 bits per heavy atom. The number of hydrogen-bond donors (Lipinski definition) is 2. The van der Waals surface area contributed by atoms with Gasteiger partial charge in [-0.15, -0.1) is 0 Å². The summed E-state index contributed by atoms with van der Waals surface area (Å²) >= 11 is 6.23. The molecule has 0 aliphatic heterocycles. The fraction of sp³-hybridized carbons (Fsp3) is 0.750. The van der Waals surface area contributed by atoms with Gasteiger partial charge in [0.05, 0.1) is 6.61 Å². The number of amides is 1. The third kappa shape index (κ3) is 4.57. The normalized spacial score (nSPS) is 18.2. The second kappa shape index (κ2) is 5.34. The molecular formula is C4H8Br2NO4P. The van der Waals surface area contributed by atoms with Gasteiger partial charge in [0.15, 0.2) is 0 Å². The van der Waals surface area contributed by atoms with Gasteiger partial charge in [-0.3, -0.25) is 4.79 Å². The number of halogens is 2. The first-order chi connectivity index (χ1) is 5.40. The zero-order valence-electron chi connectivity index (χ0n) is 5.94. The molecule has 2 unspecified atom stereocenters. The minimum atomic E-state index is -4.24. The molecule has 0 rings (SSSR count). The molecule has 1 amide bonds. The van der Waals surface area contributed by atoms with Gasteiger partial charge < -0.3 is 15.2 Å². The summed E-state index contributed by atoms with van der Waals surface area (Å²) in [6, 6.07) is 0. The van der Waals surface area contributed by atoms with E-state index in [1.54, 1.807) is 0 Å². The number of alkyl halides is 2. The third-order valence-corrected chi connectivity index (χ3v) is 4.17. The maximum atomic E-state index is 10.8. The molecule has 2 atom stereocenters. The molecule has 0 saturated carbocycles. The molecule has 0 aromatic carbocycles. The minimum absolute atomic E-state index is 0.0536. The van der Waals surface area contributed by atoms with E-state index in [0.29, 0.717) is 5.33 Å². The highest BCUT2D eigenvalue weighted by Gasteiger charge is 2.28. The van der Waals surface area contributed by atoms with E-state index in [1.807, 2.05) is 0 Å². The van der Waals surface area contributed by atoms with E-state index in [4.69, 9.17) is 4.89 Å². The smallest absolute Gasteiger partial charge is 0.359 e. The molecule has 0 spiro atoms. The van der Waals surface area contributed by atoms with E-state index in [2.05, 4.69) is 42.1 Å². The van der Waals surface area contributed by atoms with Crippen molar-refractivity contribution >= 4 is 45.1 Å². The molecule has 3 N–H and O–H groups in total. The second-order valence-electron chi connectivity index (χ2n) is 1.91. The van der Waals surface area contributed by atoms with E-state index < -0.39 is 13.2 Å². The number of nitrogens with two attached hydrogens (primary N) is 1. The highest BCUT2D eigenvalue weighted by atomic mass is 79.9. The largest absolute Gasteiger partial charge is 0.415 e. The second-order valence-corrected chi connectivity index (χ2v) is 5.59. The van der Waals surface area contributed by atoms with E-state index in [-0.39, 0.29) is 11.4 Å². The van der Waals surface area contributed by atoms with Crippen LogP contribution >= 0.6 is 39.5 Å². The maximum absolute atomic E-state index is 10.8. The molecular weight excluding hydrogens is 317 g/mol. The number of primary amides is 1. The molecule has 0 radical (unpaired) electrons. The molecule has 0 heterocycles. The van der Waals surface area contributed by atoms with Crippen molar-refractivity contribution in [1.82, 2.24) is 0 Å². The predicted octanol–water partition coefficient (Wildman–Crippen LogP) is 1.43. The lowest BCUT2D eigenvalue weighted by Crippen LogP contribution is -2.15. The van der Waals surface area contributed by atoms with Gasteiger partial charge >= 0.3 is 13.2 Å². The molecule has 0 aromatic heterocycles. The molecule has 0 aliphatic carbocycles. The van der Waals surface area contributed by atoms with Crippen molar-refractivity contribution in [2.75, 3.05) is 11.9 Å². The van der Waals surface area contributed by atoms with Crippen molar-refractivity contribution in [3.63, 3.8) is 0 Å². The van der Waals surface area contributed by atoms with Gasteiger partial charge in [0, 0.05) is 10.2 Å². The van der Waals surface area contributed by atoms with Crippen molar-refractivity contribution in [3.05, 3.63) is 0 Å². The number of hydrogen-bond acceptors (Lipinski definition) is 3. The minimum Gasteiger partial charge on any atom is -0.359 e. The topological polar surface area (TPSA) is 89.6 Å². The molecule has 5 nitrogen and oxygen atoms in total. The fourth-order valence-electron chi connectivity index (χ4n) is 0.290. The summed E-state index contributed by atoms with van der Waals surface area (Å²) in [5.41, 5.74) is 3.26. The van der Waals surface area contributed by atoms with Gasteiger partial charge in [-0.05, 0) is 0 Å². The summed E-state index contributed by atoms with van der Waals surface area (Å²) in [5, 5.41) is 0.547. The lowest BCUT2D eigenvalue weighted by molar-refractivity contribution is 0.237. The summed E-state index contributed by atoms with van der Waals surface area (Å²) in [5.74, 6) is 0. The Balaban J connectivity index is 3.93. The van der Waals surface area contributed by atoms with Gasteiger partial charge in [-0.1, -0.05) is 31.9 Å². The molecule has 0 fully saturated rings. The summed E-state index contributed by atoms with van der Waals surface area (Å²) in [6.07, 6.45) is 0. The first-order valence-corrected chi connectivity index (χ1v) is 6.49. The number of carbonyl (C=O) groups is 1. The van der Waals surface area contributed by atoms with Gasteiger partial charge in [0.1, 0.15) is 0 Å². The van der Waals surface area contributed by atoms with Crippen LogP contribution in [0.4, 0.5) is 4.79 Å². The van der Waals surface area contributed by atoms with E-state index >= 15 is 0 Å². The van der Waals surface area contributed by atoms with Crippen LogP contribution in [0.25, 0.3) is 0 Å². The fourth-order valence-corrected chi connectivity index (χ4v) is 1.32. The Kier molecular flexibility index (Phi) is 5.60. The SMILES string of the molecule is NC(=O)P(=O)(O)OCC(Br)CBr. The van der Waals surface area contributed by atoms with E-state index in [1.165, 1.54) is 0 Å². The standard InChI is InChI=1S/C4H8Br2NO4P/c5-1-3(6)2-11-12(9,10)4(7)8/h3H,1-2H2,(H2,7,8)(H,9,10). The summed E-state index contributed by atoms with van der Waals surface area (Å²) < 4.78 is 15.2. The summed E-state index contributed by atoms with van der Waals surface area (Å²) in [6.45, 7) is -0.0536. The van der Waals surface area contributed by atoms with E-state index in [0.717, 1.165) is 0 Å². The molecule has 72 valence electrons. The van der Waals surface area contributed by atoms with E-state index in [9.17, 15) is 9.36 Å². The zero-order valence-corrected chi connectivity index (χ0v) is 10.0. The molecule has 8 heteroatoms. The average Bonchev–Trinajstić information content (AvgIpc) is 2.00. The van der Waals surface area contributed by atoms with Gasteiger partial charge in [0.2, 0.25) is 0 Å². The van der Waals surface area contributed by atoms with Gasteiger partial charge in [0.25, 0.3) is 0 Å². The van der Waals surface area contributed by atoms with Crippen LogP contribution in [-0.4, -0.2) is 27.3 Å². The van der Waals surface area contributed by atoms with Crippen LogP contribution in [0, 0.1) is 0 Å². The van der Waals surface area contributed by atoms with Crippen molar-refractivity contribution in [3.8, 4) is 0 Å². The Hall–Kier alpha value is 0.580. The maximum Gasteiger partial charge on any atom is 0.415 e. The van der Waals surface area contributed by atoms with Crippen molar-refractivity contribution in [2.45, 2.75) is 4.83 Å². The van der Waals surface area contributed by atoms with Crippen LogP contribution in [0.15, 0.2) is 0 Å². The quantitative estimate of drug-likeness (QED) is 0.591. The monoisotopic (exact) mass is 323 g/mol. The number of carbonyl (C=O) groups excluding carboxylic acids is 1. The molecule has 0 saturated heterocycles. The first kappa shape index (κ1) is 12.6. The van der Waals surface area contributed by atoms with Crippen molar-refractivity contribution < 1.29 is 18.8 Å². The summed E-state index contributed by atoms with van der Waals surface area (Å²) in [7, 11) is -4.24. The Bertz CT molecular complexity index is 211. The highest BCUT2D eigenvalue weighted by Crippen LogP contribution is 2.41. The van der Waals surface area contributed by atoms with Crippen molar-refractivity contribution in [1.29, 1.82) is 0 Å². The van der Waals surface area contributed by atoms with Crippen LogP contribution in [0.2, 0.25) is 0 Å². The molecule has 0 bridgehead atoms. The Morgan fingerprint density at radius 1 is 1.75 bits per heavy atom. The van der Waals surface area contributed by atoms with Crippen LogP contribution in [0.5, 0.6) is 0 Å². The third-order valence-electron chi connectivity index (χ3n) is 0.876. The molecule has 12 heavy (non-hydrogen) atoms. The zero-order chi connectivity index (χ0) is 9.78. The first-order valence-electron chi connectivity index (χ1n) is 2.87. The Labute approximate surface area is 86.4 Å². The lowest BCUT2D eigenvalue weighted by Gasteiger charge is -2.09. The van der Waals surface area contributed by atoms with Crippen LogP contribution in [-0.2, 0) is 9.09 Å². The van der Waals surface area contributed by atoms with Crippen LogP contribution < -0.4 is 5.73 Å². The lowest BCUT2D eigenvalue weighted by atomic mass is 10.5. The van der Waals surface area contributed by atoms with Crippen LogP contribution in [0.1, 0.15) is 0 Å².